The number of nitrogens with two attached hydrogens (primary N) is 1. The van der Waals surface area contributed by atoms with E-state index in [1.165, 1.54) is 29.1 Å². The Balaban J connectivity index is 1.53. The Morgan fingerprint density at radius 3 is 2.53 bits per heavy atom. The lowest BCUT2D eigenvalue weighted by atomic mass is 9.85. The van der Waals surface area contributed by atoms with Gasteiger partial charge in [0.15, 0.2) is 0 Å². The van der Waals surface area contributed by atoms with Crippen LogP contribution in [0.1, 0.15) is 54.6 Å². The minimum atomic E-state index is -3.04. The first-order chi connectivity index (χ1) is 14.8. The van der Waals surface area contributed by atoms with Crippen LogP contribution in [0.2, 0.25) is 5.02 Å². The molecule has 7 nitrogen and oxygen atoms in total. The molecule has 0 bridgehead atoms. The summed E-state index contributed by atoms with van der Waals surface area (Å²) in [6.45, 7) is 2.06. The minimum Gasteiger partial charge on any atom is -0.383 e. The number of amides is 1. The first-order valence-electron chi connectivity index (χ1n) is 10.6. The number of hydrogen-bond donors (Lipinski definition) is 2. The van der Waals surface area contributed by atoms with Gasteiger partial charge in [-0.15, -0.1) is 0 Å². The third kappa shape index (κ3) is 4.50. The Morgan fingerprint density at radius 2 is 1.97 bits per heavy atom. The predicted octanol–water partition coefficient (Wildman–Crippen LogP) is 4.00. The second kappa shape index (κ2) is 8.02. The molecule has 2 aliphatic carbocycles. The molecule has 10 heteroatoms. The van der Waals surface area contributed by atoms with Gasteiger partial charge in [0.25, 0.3) is 5.91 Å². The van der Waals surface area contributed by atoms with Crippen molar-refractivity contribution in [3.63, 3.8) is 0 Å². The van der Waals surface area contributed by atoms with Gasteiger partial charge in [0.2, 0.25) is 0 Å². The molecule has 1 heterocycles. The van der Waals surface area contributed by atoms with Gasteiger partial charge in [-0.05, 0) is 61.1 Å². The average Bonchev–Trinajstić information content (AvgIpc) is 3.26. The number of aromatic nitrogens is 2. The molecule has 0 radical (unpaired) electrons. The maximum Gasteiger partial charge on any atom is 0.261 e. The highest BCUT2D eigenvalue weighted by molar-refractivity contribution is 7.90. The van der Waals surface area contributed by atoms with Crippen molar-refractivity contribution < 1.29 is 17.6 Å². The molecule has 0 aliphatic heterocycles. The van der Waals surface area contributed by atoms with Gasteiger partial charge in [0.1, 0.15) is 27.0 Å². The molecule has 0 spiro atoms. The Labute approximate surface area is 192 Å². The molecule has 2 aromatic rings. The third-order valence-corrected chi connectivity index (χ3v) is 8.38. The molecule has 2 unspecified atom stereocenters. The fraction of sp³-hybridized carbons (Fsp3) is 0.545. The second-order valence-corrected chi connectivity index (χ2v) is 12.4. The predicted molar refractivity (Wildman–Crippen MR) is 123 cm³/mol. The average molecular weight is 483 g/mol. The number of sulfone groups is 1. The lowest BCUT2D eigenvalue weighted by molar-refractivity contribution is 0.102. The van der Waals surface area contributed by atoms with Crippen LogP contribution in [0.4, 0.5) is 15.9 Å². The number of benzene rings is 1. The van der Waals surface area contributed by atoms with Crippen molar-refractivity contribution >= 4 is 38.9 Å². The van der Waals surface area contributed by atoms with E-state index in [1.807, 2.05) is 0 Å². The number of halogens is 2. The van der Waals surface area contributed by atoms with Crippen LogP contribution >= 0.6 is 11.6 Å². The normalized spacial score (nSPS) is 27.5. The minimum absolute atomic E-state index is 0.0776. The van der Waals surface area contributed by atoms with Crippen LogP contribution < -0.4 is 11.1 Å². The van der Waals surface area contributed by atoms with Gasteiger partial charge < -0.3 is 11.1 Å². The molecular formula is C22H28ClFN4O3S. The van der Waals surface area contributed by atoms with Crippen molar-refractivity contribution in [2.45, 2.75) is 38.5 Å². The number of rotatable bonds is 5. The fourth-order valence-corrected chi connectivity index (χ4v) is 7.56. The van der Waals surface area contributed by atoms with Crippen molar-refractivity contribution in [2.24, 2.45) is 24.3 Å². The van der Waals surface area contributed by atoms with Crippen LogP contribution in [0.25, 0.3) is 0 Å². The van der Waals surface area contributed by atoms with Crippen molar-refractivity contribution in [2.75, 3.05) is 23.1 Å². The van der Waals surface area contributed by atoms with E-state index >= 15 is 0 Å². The standard InChI is InChI=1S/C22H28ClFN4O3S/c1-22(11-32(3,30)31)9-13-6-12(7-14(13)10-22)19-18(20(25)28(2)27-19)21(29)26-15-4-5-17(24)16(23)8-15/h4-5,8,12-14H,6-7,9-11,25H2,1-3H3,(H,26,29). The summed E-state index contributed by atoms with van der Waals surface area (Å²) in [5.74, 6) is 0.392. The van der Waals surface area contributed by atoms with E-state index in [-0.39, 0.29) is 27.9 Å². The Kier molecular flexibility index (Phi) is 5.78. The van der Waals surface area contributed by atoms with Gasteiger partial charge in [0, 0.05) is 24.9 Å². The van der Waals surface area contributed by atoms with E-state index in [0.29, 0.717) is 28.8 Å². The van der Waals surface area contributed by atoms with Gasteiger partial charge in [-0.1, -0.05) is 18.5 Å². The van der Waals surface area contributed by atoms with E-state index < -0.39 is 21.6 Å². The monoisotopic (exact) mass is 482 g/mol. The largest absolute Gasteiger partial charge is 0.383 e. The van der Waals surface area contributed by atoms with Crippen molar-refractivity contribution in [3.05, 3.63) is 40.3 Å². The SMILES string of the molecule is Cn1nc(C2CC3CC(C)(CS(C)(=O)=O)CC3C2)c(C(=O)Nc2ccc(F)c(Cl)c2)c1N. The Morgan fingerprint density at radius 1 is 1.34 bits per heavy atom. The van der Waals surface area contributed by atoms with Crippen molar-refractivity contribution in [1.29, 1.82) is 0 Å². The molecule has 174 valence electrons. The molecule has 1 amide bonds. The number of aryl methyl sites for hydroxylation is 1. The van der Waals surface area contributed by atoms with Crippen molar-refractivity contribution in [1.82, 2.24) is 9.78 Å². The fourth-order valence-electron chi connectivity index (χ4n) is 5.88. The smallest absolute Gasteiger partial charge is 0.261 e. The highest BCUT2D eigenvalue weighted by Gasteiger charge is 2.49. The first kappa shape index (κ1) is 23.0. The lowest BCUT2D eigenvalue weighted by Gasteiger charge is -2.24. The number of nitrogens with one attached hydrogen (secondary N) is 1. The molecule has 2 aliphatic rings. The number of nitrogens with zero attached hydrogens (tertiary/aromatic N) is 2. The molecule has 1 aromatic heterocycles. The lowest BCUT2D eigenvalue weighted by Crippen LogP contribution is -2.24. The van der Waals surface area contributed by atoms with Crippen LogP contribution in [-0.4, -0.2) is 36.1 Å². The van der Waals surface area contributed by atoms with Crippen LogP contribution in [0, 0.1) is 23.1 Å². The Hall–Kier alpha value is -2.13. The summed E-state index contributed by atoms with van der Waals surface area (Å²) >= 11 is 5.83. The zero-order valence-corrected chi connectivity index (χ0v) is 19.9. The summed E-state index contributed by atoms with van der Waals surface area (Å²) < 4.78 is 38.6. The molecule has 4 rings (SSSR count). The van der Waals surface area contributed by atoms with Gasteiger partial charge in [-0.25, -0.2) is 12.8 Å². The van der Waals surface area contributed by atoms with Gasteiger partial charge >= 0.3 is 0 Å². The maximum absolute atomic E-state index is 13.4. The molecule has 2 saturated carbocycles. The first-order valence-corrected chi connectivity index (χ1v) is 13.1. The van der Waals surface area contributed by atoms with Gasteiger partial charge in [-0.3, -0.25) is 9.48 Å². The quantitative estimate of drug-likeness (QED) is 0.669. The summed E-state index contributed by atoms with van der Waals surface area (Å²) in [4.78, 5) is 13.1. The summed E-state index contributed by atoms with van der Waals surface area (Å²) in [6.07, 6.45) is 4.72. The zero-order chi connectivity index (χ0) is 23.4. The van der Waals surface area contributed by atoms with Crippen LogP contribution in [0.5, 0.6) is 0 Å². The number of anilines is 2. The molecule has 32 heavy (non-hydrogen) atoms. The highest BCUT2D eigenvalue weighted by Crippen LogP contribution is 2.57. The van der Waals surface area contributed by atoms with E-state index in [4.69, 9.17) is 17.3 Å². The molecule has 3 N–H and O–H groups in total. The second-order valence-electron chi connectivity index (χ2n) is 9.83. The number of hydrogen-bond acceptors (Lipinski definition) is 5. The molecular weight excluding hydrogens is 455 g/mol. The maximum atomic E-state index is 13.4. The third-order valence-electron chi connectivity index (χ3n) is 6.87. The van der Waals surface area contributed by atoms with E-state index in [2.05, 4.69) is 17.3 Å². The number of carbonyl (C=O) groups is 1. The molecule has 1 aromatic carbocycles. The number of fused-ring (bicyclic) bond motifs is 1. The summed E-state index contributed by atoms with van der Waals surface area (Å²) in [5, 5.41) is 7.22. The number of carbonyl (C=O) groups excluding carboxylic acids is 1. The van der Waals surface area contributed by atoms with E-state index in [1.54, 1.807) is 7.05 Å². The molecule has 0 saturated heterocycles. The summed E-state index contributed by atoms with van der Waals surface area (Å²) in [6, 6.07) is 3.98. The number of nitrogen functional groups attached to an aromatic ring is 1. The molecule has 2 fully saturated rings. The van der Waals surface area contributed by atoms with Crippen LogP contribution in [0.3, 0.4) is 0 Å². The Bertz CT molecular complexity index is 1170. The van der Waals surface area contributed by atoms with Crippen LogP contribution in [0.15, 0.2) is 18.2 Å². The topological polar surface area (TPSA) is 107 Å². The van der Waals surface area contributed by atoms with Gasteiger partial charge in [0.05, 0.1) is 16.5 Å². The summed E-state index contributed by atoms with van der Waals surface area (Å²) in [5.41, 5.74) is 7.36. The van der Waals surface area contributed by atoms with E-state index in [0.717, 1.165) is 25.7 Å². The zero-order valence-electron chi connectivity index (χ0n) is 18.4. The van der Waals surface area contributed by atoms with Crippen LogP contribution in [-0.2, 0) is 16.9 Å². The van der Waals surface area contributed by atoms with E-state index in [9.17, 15) is 17.6 Å². The highest BCUT2D eigenvalue weighted by atomic mass is 35.5. The van der Waals surface area contributed by atoms with Gasteiger partial charge in [-0.2, -0.15) is 5.10 Å². The van der Waals surface area contributed by atoms with Crippen molar-refractivity contribution in [3.8, 4) is 0 Å². The molecule has 2 atom stereocenters. The summed E-state index contributed by atoms with van der Waals surface area (Å²) in [7, 11) is -1.34.